The van der Waals surface area contributed by atoms with Crippen molar-refractivity contribution in [2.24, 2.45) is 5.92 Å². The smallest absolute Gasteiger partial charge is 0.407 e. The van der Waals surface area contributed by atoms with Crippen LogP contribution in [0.2, 0.25) is 0 Å². The Kier molecular flexibility index (Phi) is 9.67. The van der Waals surface area contributed by atoms with E-state index in [1.54, 1.807) is 0 Å². The molecular weight excluding hydrogens is 476 g/mol. The molecule has 0 saturated heterocycles. The van der Waals surface area contributed by atoms with Gasteiger partial charge in [-0.15, -0.1) is 0 Å². The number of pyridine rings is 1. The Labute approximate surface area is 226 Å². The molecule has 1 aromatic heterocycles. The average Bonchev–Trinajstić information content (AvgIpc) is 2.83. The molecule has 1 amide bonds. The molecule has 3 aromatic rings. The Morgan fingerprint density at radius 1 is 0.947 bits per heavy atom. The van der Waals surface area contributed by atoms with Gasteiger partial charge in [0.25, 0.3) is 0 Å². The van der Waals surface area contributed by atoms with E-state index in [0.29, 0.717) is 5.92 Å². The van der Waals surface area contributed by atoms with Crippen molar-refractivity contribution in [1.82, 2.24) is 10.3 Å². The van der Waals surface area contributed by atoms with E-state index in [9.17, 15) is 9.59 Å². The van der Waals surface area contributed by atoms with Crippen molar-refractivity contribution in [2.75, 3.05) is 0 Å². The number of aryl methyl sites for hydroxylation is 2. The normalized spacial score (nSPS) is 11.4. The van der Waals surface area contributed by atoms with Gasteiger partial charge in [0.2, 0.25) is 0 Å². The third-order valence-corrected chi connectivity index (χ3v) is 6.01. The first kappa shape index (κ1) is 28.9. The van der Waals surface area contributed by atoms with Crippen LogP contribution in [0, 0.1) is 19.8 Å². The predicted molar refractivity (Wildman–Crippen MR) is 151 cm³/mol. The van der Waals surface area contributed by atoms with Crippen molar-refractivity contribution in [3.63, 3.8) is 0 Å². The zero-order chi connectivity index (χ0) is 27.9. The quantitative estimate of drug-likeness (QED) is 0.314. The van der Waals surface area contributed by atoms with E-state index >= 15 is 0 Å². The van der Waals surface area contributed by atoms with E-state index in [0.717, 1.165) is 51.2 Å². The number of nitrogens with zero attached hydrogens (tertiary/aromatic N) is 1. The first-order valence-electron chi connectivity index (χ1n) is 13.2. The van der Waals surface area contributed by atoms with Crippen molar-refractivity contribution < 1.29 is 19.1 Å². The molecule has 0 spiro atoms. The maximum Gasteiger partial charge on any atom is 0.407 e. The lowest BCUT2D eigenvalue weighted by molar-refractivity contribution is -0.144. The number of hydrogen-bond acceptors (Lipinski definition) is 5. The molecule has 1 N–H and O–H groups in total. The molecule has 3 rings (SSSR count). The fraction of sp³-hybridized carbons (Fsp3) is 0.406. The number of carbonyl (C=O) groups excluding carboxylic acids is 2. The molecule has 202 valence electrons. The number of alkyl carbamates (subject to hydrolysis) is 1. The van der Waals surface area contributed by atoms with Gasteiger partial charge in [-0.25, -0.2) is 4.79 Å². The van der Waals surface area contributed by atoms with E-state index in [2.05, 4.69) is 43.4 Å². The number of nitrogens with one attached hydrogen (secondary N) is 1. The zero-order valence-electron chi connectivity index (χ0n) is 23.7. The maximum atomic E-state index is 13.0. The molecule has 38 heavy (non-hydrogen) atoms. The Morgan fingerprint density at radius 2 is 1.61 bits per heavy atom. The minimum atomic E-state index is -0.607. The number of hydrogen-bond donors (Lipinski definition) is 1. The van der Waals surface area contributed by atoms with E-state index < -0.39 is 11.7 Å². The van der Waals surface area contributed by atoms with Crippen LogP contribution in [0.1, 0.15) is 68.3 Å². The van der Waals surface area contributed by atoms with E-state index in [4.69, 9.17) is 14.5 Å². The molecule has 0 atom stereocenters. The molecule has 0 unspecified atom stereocenters. The highest BCUT2D eigenvalue weighted by Gasteiger charge is 2.24. The lowest BCUT2D eigenvalue weighted by Gasteiger charge is -2.23. The lowest BCUT2D eigenvalue weighted by atomic mass is 9.88. The van der Waals surface area contributed by atoms with Crippen LogP contribution in [-0.2, 0) is 40.3 Å². The molecule has 0 saturated carbocycles. The predicted octanol–water partition coefficient (Wildman–Crippen LogP) is 6.87. The van der Waals surface area contributed by atoms with E-state index in [1.807, 2.05) is 65.0 Å². The van der Waals surface area contributed by atoms with Gasteiger partial charge < -0.3 is 14.8 Å². The van der Waals surface area contributed by atoms with Crippen molar-refractivity contribution in [3.05, 3.63) is 88.2 Å². The highest BCUT2D eigenvalue weighted by Crippen LogP contribution is 2.33. The number of carbonyl (C=O) groups is 2. The lowest BCUT2D eigenvalue weighted by Crippen LogP contribution is -2.32. The van der Waals surface area contributed by atoms with Gasteiger partial charge in [0.15, 0.2) is 0 Å². The number of esters is 1. The summed E-state index contributed by atoms with van der Waals surface area (Å²) < 4.78 is 11.1. The van der Waals surface area contributed by atoms with Gasteiger partial charge in [-0.1, -0.05) is 74.0 Å². The van der Waals surface area contributed by atoms with Crippen LogP contribution in [0.3, 0.4) is 0 Å². The zero-order valence-corrected chi connectivity index (χ0v) is 23.7. The number of rotatable bonds is 9. The minimum absolute atomic E-state index is 0.0796. The summed E-state index contributed by atoms with van der Waals surface area (Å²) in [4.78, 5) is 30.6. The first-order valence-corrected chi connectivity index (χ1v) is 13.2. The largest absolute Gasteiger partial charge is 0.461 e. The topological polar surface area (TPSA) is 77.5 Å². The van der Waals surface area contributed by atoms with Crippen LogP contribution in [0.5, 0.6) is 0 Å². The van der Waals surface area contributed by atoms with Gasteiger partial charge in [-0.2, -0.15) is 0 Å². The van der Waals surface area contributed by atoms with Gasteiger partial charge in [-0.3, -0.25) is 9.78 Å². The molecule has 1 heterocycles. The summed E-state index contributed by atoms with van der Waals surface area (Å²) in [5, 5.41) is 2.92. The number of amides is 1. The molecule has 0 aliphatic carbocycles. The van der Waals surface area contributed by atoms with E-state index in [-0.39, 0.29) is 25.5 Å². The molecule has 2 aromatic carbocycles. The second kappa shape index (κ2) is 12.7. The van der Waals surface area contributed by atoms with Crippen LogP contribution in [0.25, 0.3) is 11.1 Å². The Balaban J connectivity index is 2.03. The second-order valence-corrected chi connectivity index (χ2v) is 11.1. The van der Waals surface area contributed by atoms with Crippen LogP contribution in [-0.4, -0.2) is 22.6 Å². The third kappa shape index (κ3) is 8.44. The molecule has 6 heteroatoms. The Morgan fingerprint density at radius 3 is 2.21 bits per heavy atom. The fourth-order valence-electron chi connectivity index (χ4n) is 4.28. The van der Waals surface area contributed by atoms with Crippen molar-refractivity contribution in [3.8, 4) is 11.1 Å². The summed E-state index contributed by atoms with van der Waals surface area (Å²) in [6.07, 6.45) is 0.326. The highest BCUT2D eigenvalue weighted by molar-refractivity contribution is 5.81. The Hall–Kier alpha value is -3.67. The van der Waals surface area contributed by atoms with Crippen molar-refractivity contribution in [2.45, 2.75) is 80.1 Å². The second-order valence-electron chi connectivity index (χ2n) is 11.1. The monoisotopic (exact) mass is 516 g/mol. The summed E-state index contributed by atoms with van der Waals surface area (Å²) >= 11 is 0. The third-order valence-electron chi connectivity index (χ3n) is 6.01. The molecule has 6 nitrogen and oxygen atoms in total. The SMILES string of the molecule is Cc1ccc(-c2c(CC(=O)OCc3ccccc3)c(C)nc(CC(C)C)c2CNC(=O)OC(C)(C)C)cc1. The summed E-state index contributed by atoms with van der Waals surface area (Å²) in [6.45, 7) is 14.2. The minimum Gasteiger partial charge on any atom is -0.461 e. The standard InChI is InChI=1S/C32H40N2O4/c1-21(2)17-28-27(19-33-31(36)38-32(5,6)7)30(25-15-13-22(3)14-16-25)26(23(4)34-28)18-29(35)37-20-24-11-9-8-10-12-24/h8-16,21H,17-20H2,1-7H3,(H,33,36). The Bertz CT molecular complexity index is 1240. The molecule has 0 bridgehead atoms. The number of benzene rings is 2. The molecule has 0 radical (unpaired) electrons. The highest BCUT2D eigenvalue weighted by atomic mass is 16.6. The van der Waals surface area contributed by atoms with Crippen LogP contribution in [0.15, 0.2) is 54.6 Å². The average molecular weight is 517 g/mol. The molecule has 0 fully saturated rings. The van der Waals surface area contributed by atoms with Crippen molar-refractivity contribution in [1.29, 1.82) is 0 Å². The fourth-order valence-corrected chi connectivity index (χ4v) is 4.28. The van der Waals surface area contributed by atoms with Gasteiger partial charge in [-0.05, 0) is 69.2 Å². The van der Waals surface area contributed by atoms with Crippen LogP contribution in [0.4, 0.5) is 4.79 Å². The summed E-state index contributed by atoms with van der Waals surface area (Å²) in [6, 6.07) is 17.8. The summed E-state index contributed by atoms with van der Waals surface area (Å²) in [5.41, 5.74) is 6.75. The maximum absolute atomic E-state index is 13.0. The molecule has 0 aliphatic rings. The molecular formula is C32H40N2O4. The summed E-state index contributed by atoms with van der Waals surface area (Å²) in [7, 11) is 0. The van der Waals surface area contributed by atoms with Gasteiger partial charge in [0.1, 0.15) is 12.2 Å². The van der Waals surface area contributed by atoms with Gasteiger partial charge in [0, 0.05) is 23.5 Å². The number of aromatic nitrogens is 1. The number of ether oxygens (including phenoxy) is 2. The first-order chi connectivity index (χ1) is 17.9. The van der Waals surface area contributed by atoms with Crippen LogP contribution >= 0.6 is 0 Å². The van der Waals surface area contributed by atoms with Gasteiger partial charge in [0.05, 0.1) is 6.42 Å². The van der Waals surface area contributed by atoms with Gasteiger partial charge >= 0.3 is 12.1 Å². The van der Waals surface area contributed by atoms with Crippen molar-refractivity contribution >= 4 is 12.1 Å². The molecule has 0 aliphatic heterocycles. The van der Waals surface area contributed by atoms with Crippen LogP contribution < -0.4 is 5.32 Å². The van der Waals surface area contributed by atoms with E-state index in [1.165, 1.54) is 0 Å². The summed E-state index contributed by atoms with van der Waals surface area (Å²) in [5.74, 6) is 0.0320.